The number of ether oxygens (including phenoxy) is 2. The molecule has 2 saturated heterocycles. The maximum Gasteiger partial charge on any atom is 0.416 e. The first-order valence-corrected chi connectivity index (χ1v) is 8.08. The molecule has 1 atom stereocenters. The molecule has 132 valence electrons. The van der Waals surface area contributed by atoms with Gasteiger partial charge in [0.2, 0.25) is 0 Å². The van der Waals surface area contributed by atoms with Crippen molar-refractivity contribution in [2.45, 2.75) is 43.5 Å². The second-order valence-electron chi connectivity index (χ2n) is 6.38. The van der Waals surface area contributed by atoms with E-state index in [4.69, 9.17) is 9.47 Å². The summed E-state index contributed by atoms with van der Waals surface area (Å²) in [6, 6.07) is 4.24. The smallest absolute Gasteiger partial charge is 0.381 e. The van der Waals surface area contributed by atoms with Gasteiger partial charge in [0.1, 0.15) is 0 Å². The number of nitrogens with one attached hydrogen (secondary N) is 1. The molecular weight excluding hydrogens is 323 g/mol. The zero-order valence-electron chi connectivity index (χ0n) is 13.2. The third kappa shape index (κ3) is 3.89. The van der Waals surface area contributed by atoms with Crippen molar-refractivity contribution in [1.82, 2.24) is 5.32 Å². The van der Waals surface area contributed by atoms with Crippen LogP contribution in [0.25, 0.3) is 0 Å². The summed E-state index contributed by atoms with van der Waals surface area (Å²) in [5, 5.41) is 2.92. The summed E-state index contributed by atoms with van der Waals surface area (Å²) >= 11 is 0. The van der Waals surface area contributed by atoms with Crippen molar-refractivity contribution in [2.24, 2.45) is 0 Å². The minimum atomic E-state index is -4.40. The van der Waals surface area contributed by atoms with Crippen LogP contribution >= 0.6 is 0 Å². The first-order chi connectivity index (χ1) is 11.4. The Kier molecular flexibility index (Phi) is 4.83. The summed E-state index contributed by atoms with van der Waals surface area (Å²) < 4.78 is 49.0. The fourth-order valence-corrected chi connectivity index (χ4v) is 3.32. The van der Waals surface area contributed by atoms with Crippen molar-refractivity contribution >= 4 is 5.91 Å². The maximum atomic E-state index is 12.6. The SMILES string of the molecule is O=C(N[C@@H]1CCOC2(CCOCC2)C1)c1ccc(C(F)(F)F)cc1. The van der Waals surface area contributed by atoms with Gasteiger partial charge in [0, 0.05) is 31.4 Å². The molecule has 24 heavy (non-hydrogen) atoms. The molecule has 7 heteroatoms. The quantitative estimate of drug-likeness (QED) is 0.897. The van der Waals surface area contributed by atoms with Crippen molar-refractivity contribution in [3.05, 3.63) is 35.4 Å². The van der Waals surface area contributed by atoms with Gasteiger partial charge in [-0.2, -0.15) is 13.2 Å². The highest BCUT2D eigenvalue weighted by Gasteiger charge is 2.39. The van der Waals surface area contributed by atoms with Gasteiger partial charge in [0.25, 0.3) is 5.91 Å². The highest BCUT2D eigenvalue weighted by molar-refractivity contribution is 5.94. The lowest BCUT2D eigenvalue weighted by molar-refractivity contribution is -0.139. The molecule has 2 heterocycles. The van der Waals surface area contributed by atoms with E-state index in [2.05, 4.69) is 5.32 Å². The second-order valence-corrected chi connectivity index (χ2v) is 6.38. The van der Waals surface area contributed by atoms with Crippen LogP contribution in [-0.4, -0.2) is 37.4 Å². The van der Waals surface area contributed by atoms with E-state index in [1.807, 2.05) is 0 Å². The van der Waals surface area contributed by atoms with Crippen molar-refractivity contribution < 1.29 is 27.4 Å². The van der Waals surface area contributed by atoms with Crippen molar-refractivity contribution in [3.8, 4) is 0 Å². The third-order valence-corrected chi connectivity index (χ3v) is 4.71. The molecule has 0 unspecified atom stereocenters. The zero-order chi connectivity index (χ0) is 17.2. The van der Waals surface area contributed by atoms with E-state index in [0.29, 0.717) is 32.7 Å². The van der Waals surface area contributed by atoms with Gasteiger partial charge < -0.3 is 14.8 Å². The molecule has 3 rings (SSSR count). The Balaban J connectivity index is 1.62. The predicted octanol–water partition coefficient (Wildman–Crippen LogP) is 3.16. The highest BCUT2D eigenvalue weighted by atomic mass is 19.4. The van der Waals surface area contributed by atoms with E-state index >= 15 is 0 Å². The van der Waals surface area contributed by atoms with Crippen LogP contribution < -0.4 is 5.32 Å². The molecule has 1 aromatic rings. The summed E-state index contributed by atoms with van der Waals surface area (Å²) in [4.78, 5) is 12.3. The summed E-state index contributed by atoms with van der Waals surface area (Å²) in [6.07, 6.45) is -1.37. The standard InChI is InChI=1S/C17H20F3NO3/c18-17(19,20)13-3-1-12(2-4-13)15(22)21-14-5-8-24-16(11-14)6-9-23-10-7-16/h1-4,14H,5-11H2,(H,21,22)/t14-/m1/s1. The Morgan fingerprint density at radius 3 is 2.42 bits per heavy atom. The number of benzene rings is 1. The topological polar surface area (TPSA) is 47.6 Å². The highest BCUT2D eigenvalue weighted by Crippen LogP contribution is 2.34. The number of alkyl halides is 3. The third-order valence-electron chi connectivity index (χ3n) is 4.71. The largest absolute Gasteiger partial charge is 0.416 e. The summed E-state index contributed by atoms with van der Waals surface area (Å²) in [6.45, 7) is 1.87. The van der Waals surface area contributed by atoms with Crippen LogP contribution in [-0.2, 0) is 15.7 Å². The molecule has 0 radical (unpaired) electrons. The molecular formula is C17H20F3NO3. The Morgan fingerprint density at radius 2 is 1.79 bits per heavy atom. The second kappa shape index (κ2) is 6.72. The maximum absolute atomic E-state index is 12.6. The molecule has 2 fully saturated rings. The lowest BCUT2D eigenvalue weighted by Crippen LogP contribution is -2.51. The van der Waals surface area contributed by atoms with Gasteiger partial charge in [-0.05, 0) is 49.9 Å². The number of carbonyl (C=O) groups excluding carboxylic acids is 1. The van der Waals surface area contributed by atoms with E-state index in [1.165, 1.54) is 12.1 Å². The first-order valence-electron chi connectivity index (χ1n) is 8.08. The monoisotopic (exact) mass is 343 g/mol. The number of amides is 1. The number of rotatable bonds is 2. The van der Waals surface area contributed by atoms with Gasteiger partial charge in [0.15, 0.2) is 0 Å². The molecule has 0 saturated carbocycles. The van der Waals surface area contributed by atoms with Crippen LogP contribution in [0, 0.1) is 0 Å². The van der Waals surface area contributed by atoms with Crippen molar-refractivity contribution in [1.29, 1.82) is 0 Å². The molecule has 0 aliphatic carbocycles. The molecule has 1 N–H and O–H groups in total. The first kappa shape index (κ1) is 17.2. The van der Waals surface area contributed by atoms with Gasteiger partial charge >= 0.3 is 6.18 Å². The van der Waals surface area contributed by atoms with Gasteiger partial charge in [-0.1, -0.05) is 0 Å². The summed E-state index contributed by atoms with van der Waals surface area (Å²) in [5.41, 5.74) is -0.768. The Morgan fingerprint density at radius 1 is 1.12 bits per heavy atom. The van der Waals surface area contributed by atoms with Crippen LogP contribution in [0.3, 0.4) is 0 Å². The van der Waals surface area contributed by atoms with Crippen molar-refractivity contribution in [3.63, 3.8) is 0 Å². The number of hydrogen-bond donors (Lipinski definition) is 1. The fraction of sp³-hybridized carbons (Fsp3) is 0.588. The Hall–Kier alpha value is -1.60. The van der Waals surface area contributed by atoms with Gasteiger partial charge in [0.05, 0.1) is 11.2 Å². The number of halogens is 3. The van der Waals surface area contributed by atoms with Crippen LogP contribution in [0.15, 0.2) is 24.3 Å². The molecule has 2 aliphatic rings. The van der Waals surface area contributed by atoms with Gasteiger partial charge in [-0.25, -0.2) is 0 Å². The lowest BCUT2D eigenvalue weighted by atomic mass is 9.84. The average Bonchev–Trinajstić information content (AvgIpc) is 2.55. The van der Waals surface area contributed by atoms with E-state index in [0.717, 1.165) is 25.0 Å². The molecule has 1 spiro atoms. The van der Waals surface area contributed by atoms with Crippen LogP contribution in [0.4, 0.5) is 13.2 Å². The van der Waals surface area contributed by atoms with E-state index < -0.39 is 11.7 Å². The molecule has 4 nitrogen and oxygen atoms in total. The fourth-order valence-electron chi connectivity index (χ4n) is 3.32. The van der Waals surface area contributed by atoms with Gasteiger partial charge in [-0.3, -0.25) is 4.79 Å². The summed E-state index contributed by atoms with van der Waals surface area (Å²) in [5.74, 6) is -0.349. The van der Waals surface area contributed by atoms with E-state index in [-0.39, 0.29) is 23.1 Å². The minimum Gasteiger partial charge on any atom is -0.381 e. The lowest BCUT2D eigenvalue weighted by Gasteiger charge is -2.43. The zero-order valence-corrected chi connectivity index (χ0v) is 13.2. The summed E-state index contributed by atoms with van der Waals surface area (Å²) in [7, 11) is 0. The molecule has 0 aromatic heterocycles. The molecule has 0 bridgehead atoms. The molecule has 1 aromatic carbocycles. The molecule has 1 amide bonds. The van der Waals surface area contributed by atoms with E-state index in [9.17, 15) is 18.0 Å². The number of carbonyl (C=O) groups is 1. The number of hydrogen-bond acceptors (Lipinski definition) is 3. The van der Waals surface area contributed by atoms with E-state index in [1.54, 1.807) is 0 Å². The Bertz CT molecular complexity index is 574. The van der Waals surface area contributed by atoms with Crippen molar-refractivity contribution in [2.75, 3.05) is 19.8 Å². The van der Waals surface area contributed by atoms with Crippen LogP contribution in [0.1, 0.15) is 41.6 Å². The van der Waals surface area contributed by atoms with Gasteiger partial charge in [-0.15, -0.1) is 0 Å². The minimum absolute atomic E-state index is 0.0355. The van der Waals surface area contributed by atoms with Crippen LogP contribution in [0.5, 0.6) is 0 Å². The van der Waals surface area contributed by atoms with Crippen LogP contribution in [0.2, 0.25) is 0 Å². The normalized spacial score (nSPS) is 23.9. The Labute approximate surface area is 138 Å². The average molecular weight is 343 g/mol. The molecule has 2 aliphatic heterocycles. The predicted molar refractivity (Wildman–Crippen MR) is 80.7 cm³/mol.